The van der Waals surface area contributed by atoms with Crippen molar-refractivity contribution in [1.29, 1.82) is 0 Å². The van der Waals surface area contributed by atoms with Crippen molar-refractivity contribution in [3.63, 3.8) is 0 Å². The number of amides is 2. The molecule has 0 saturated carbocycles. The number of benzene rings is 2. The number of rotatable bonds is 7. The van der Waals surface area contributed by atoms with Crippen LogP contribution in [0.1, 0.15) is 55.2 Å². The summed E-state index contributed by atoms with van der Waals surface area (Å²) in [5.41, 5.74) is 3.63. The van der Waals surface area contributed by atoms with Gasteiger partial charge in [-0.25, -0.2) is 13.2 Å². The fourth-order valence-electron chi connectivity index (χ4n) is 5.36. The van der Waals surface area contributed by atoms with E-state index in [1.807, 2.05) is 56.7 Å². The van der Waals surface area contributed by atoms with Crippen LogP contribution in [0.25, 0.3) is 10.9 Å². The summed E-state index contributed by atoms with van der Waals surface area (Å²) in [7, 11) is -0.312. The molecule has 3 aromatic rings. The maximum Gasteiger partial charge on any atom is 0.407 e. The highest BCUT2D eigenvalue weighted by Crippen LogP contribution is 2.39. The standard InChI is InChI=1S/C29H38N4O6S/c1-29(2,3)21-16-22(26(39-5)23(17-21)31-40(6,37)38)30-27(34)24-15-20-9-7-8-19(25(20)32(24)4)14-18-10-12-33(13-11-18)28(35)36/h7-9,15-18,31H,10-14H2,1-6H3,(H,30,34)(H,35,36). The van der Waals surface area contributed by atoms with Gasteiger partial charge in [0.2, 0.25) is 10.0 Å². The Hall–Kier alpha value is -3.73. The van der Waals surface area contributed by atoms with Crippen molar-refractivity contribution >= 4 is 44.3 Å². The van der Waals surface area contributed by atoms with Crippen LogP contribution in [0.3, 0.4) is 0 Å². The molecule has 4 rings (SSSR count). The number of piperidine rings is 1. The Morgan fingerprint density at radius 3 is 2.33 bits per heavy atom. The fraction of sp³-hybridized carbons (Fsp3) is 0.448. The predicted octanol–water partition coefficient (Wildman–Crippen LogP) is 5.04. The number of aryl methyl sites for hydroxylation is 1. The van der Waals surface area contributed by atoms with Crippen LogP contribution >= 0.6 is 0 Å². The third-order valence-corrected chi connectivity index (χ3v) is 8.06. The number of hydrogen-bond donors (Lipinski definition) is 3. The molecule has 2 amide bonds. The number of hydrogen-bond acceptors (Lipinski definition) is 5. The second-order valence-corrected chi connectivity index (χ2v) is 13.3. The fourth-order valence-corrected chi connectivity index (χ4v) is 5.91. The molecule has 3 N–H and O–H groups in total. The van der Waals surface area contributed by atoms with E-state index in [0.717, 1.165) is 47.5 Å². The van der Waals surface area contributed by atoms with Crippen molar-refractivity contribution in [2.45, 2.75) is 45.4 Å². The number of para-hydroxylation sites is 1. The normalized spacial score (nSPS) is 14.8. The summed E-state index contributed by atoms with van der Waals surface area (Å²) in [5, 5.41) is 13.1. The first-order valence-corrected chi connectivity index (χ1v) is 15.1. The summed E-state index contributed by atoms with van der Waals surface area (Å²) in [6, 6.07) is 11.4. The number of anilines is 2. The molecule has 1 aliphatic rings. The number of aromatic nitrogens is 1. The molecular formula is C29H38N4O6S. The lowest BCUT2D eigenvalue weighted by Crippen LogP contribution is -2.37. The largest absolute Gasteiger partial charge is 0.492 e. The van der Waals surface area contributed by atoms with Gasteiger partial charge in [0.1, 0.15) is 5.69 Å². The van der Waals surface area contributed by atoms with E-state index in [9.17, 15) is 23.1 Å². The molecule has 0 unspecified atom stereocenters. The highest BCUT2D eigenvalue weighted by molar-refractivity contribution is 7.92. The minimum atomic E-state index is -3.60. The van der Waals surface area contributed by atoms with Gasteiger partial charge in [-0.2, -0.15) is 0 Å². The maximum absolute atomic E-state index is 13.6. The average Bonchev–Trinajstić information content (AvgIpc) is 3.20. The van der Waals surface area contributed by atoms with Gasteiger partial charge in [0.25, 0.3) is 5.91 Å². The Morgan fingerprint density at radius 2 is 1.75 bits per heavy atom. The minimum absolute atomic E-state index is 0.221. The Kier molecular flexibility index (Phi) is 8.07. The molecule has 40 heavy (non-hydrogen) atoms. The summed E-state index contributed by atoms with van der Waals surface area (Å²) in [5.74, 6) is 0.228. The Labute approximate surface area is 235 Å². The first kappa shape index (κ1) is 29.3. The SMILES string of the molecule is COc1c(NC(=O)c2cc3cccc(CC4CCN(C(=O)O)CC4)c3n2C)cc(C(C)(C)C)cc1NS(C)(=O)=O. The van der Waals surface area contributed by atoms with Crippen molar-refractivity contribution in [1.82, 2.24) is 9.47 Å². The van der Waals surface area contributed by atoms with E-state index in [2.05, 4.69) is 16.1 Å². The number of nitrogens with zero attached hydrogens (tertiary/aromatic N) is 2. The second-order valence-electron chi connectivity index (χ2n) is 11.5. The molecule has 1 aromatic heterocycles. The summed E-state index contributed by atoms with van der Waals surface area (Å²) < 4.78 is 34.1. The van der Waals surface area contributed by atoms with Crippen molar-refractivity contribution in [2.24, 2.45) is 13.0 Å². The monoisotopic (exact) mass is 570 g/mol. The number of methoxy groups -OCH3 is 1. The van der Waals surface area contributed by atoms with E-state index in [4.69, 9.17) is 4.74 Å². The zero-order valence-electron chi connectivity index (χ0n) is 23.9. The van der Waals surface area contributed by atoms with E-state index in [1.165, 1.54) is 12.0 Å². The van der Waals surface area contributed by atoms with Gasteiger partial charge in [-0.05, 0) is 59.9 Å². The molecule has 0 radical (unpaired) electrons. The molecule has 1 aliphatic heterocycles. The lowest BCUT2D eigenvalue weighted by atomic mass is 9.86. The summed E-state index contributed by atoms with van der Waals surface area (Å²) in [4.78, 5) is 26.4. The second kappa shape index (κ2) is 11.0. The van der Waals surface area contributed by atoms with Gasteiger partial charge in [-0.1, -0.05) is 39.0 Å². The van der Waals surface area contributed by atoms with Crippen LogP contribution in [0, 0.1) is 5.92 Å². The van der Waals surface area contributed by atoms with Gasteiger partial charge < -0.3 is 24.6 Å². The van der Waals surface area contributed by atoms with Crippen LogP contribution in [0.5, 0.6) is 5.75 Å². The highest BCUT2D eigenvalue weighted by Gasteiger charge is 2.26. The minimum Gasteiger partial charge on any atom is -0.492 e. The smallest absolute Gasteiger partial charge is 0.407 e. The predicted molar refractivity (Wildman–Crippen MR) is 157 cm³/mol. The van der Waals surface area contributed by atoms with Crippen molar-refractivity contribution < 1.29 is 27.9 Å². The van der Waals surface area contributed by atoms with Gasteiger partial charge in [0.05, 0.1) is 30.3 Å². The quantitative estimate of drug-likeness (QED) is 0.365. The van der Waals surface area contributed by atoms with Gasteiger partial charge in [0.15, 0.2) is 5.75 Å². The average molecular weight is 571 g/mol. The molecule has 216 valence electrons. The highest BCUT2D eigenvalue weighted by atomic mass is 32.2. The Morgan fingerprint density at radius 1 is 1.10 bits per heavy atom. The zero-order chi connectivity index (χ0) is 29.4. The first-order chi connectivity index (χ1) is 18.7. The third-order valence-electron chi connectivity index (χ3n) is 7.47. The number of carbonyl (C=O) groups excluding carboxylic acids is 1. The van der Waals surface area contributed by atoms with Crippen molar-refractivity contribution in [2.75, 3.05) is 36.5 Å². The van der Waals surface area contributed by atoms with Crippen LogP contribution in [0.15, 0.2) is 36.4 Å². The number of carboxylic acid groups (broad SMARTS) is 1. The van der Waals surface area contributed by atoms with Crippen LogP contribution < -0.4 is 14.8 Å². The topological polar surface area (TPSA) is 130 Å². The third kappa shape index (κ3) is 6.35. The van der Waals surface area contributed by atoms with Gasteiger partial charge in [-0.15, -0.1) is 0 Å². The van der Waals surface area contributed by atoms with E-state index in [0.29, 0.717) is 30.4 Å². The molecule has 0 atom stereocenters. The maximum atomic E-state index is 13.6. The van der Waals surface area contributed by atoms with Gasteiger partial charge in [0, 0.05) is 25.5 Å². The molecule has 2 aromatic carbocycles. The van der Waals surface area contributed by atoms with E-state index >= 15 is 0 Å². The van der Waals surface area contributed by atoms with Crippen molar-refractivity contribution in [3.05, 3.63) is 53.2 Å². The van der Waals surface area contributed by atoms with E-state index in [1.54, 1.807) is 6.07 Å². The van der Waals surface area contributed by atoms with Gasteiger partial charge in [-0.3, -0.25) is 9.52 Å². The van der Waals surface area contributed by atoms with Crippen LogP contribution in [0.4, 0.5) is 16.2 Å². The number of carbonyl (C=O) groups is 2. The number of sulfonamides is 1. The summed E-state index contributed by atoms with van der Waals surface area (Å²) in [6.45, 7) is 7.07. The molecule has 1 fully saturated rings. The molecule has 0 bridgehead atoms. The molecular weight excluding hydrogens is 532 g/mol. The Balaban J connectivity index is 1.66. The molecule has 1 saturated heterocycles. The van der Waals surface area contributed by atoms with Crippen LogP contribution in [-0.4, -0.2) is 61.4 Å². The molecule has 10 nitrogen and oxygen atoms in total. The van der Waals surface area contributed by atoms with Crippen molar-refractivity contribution in [3.8, 4) is 5.75 Å². The summed E-state index contributed by atoms with van der Waals surface area (Å²) >= 11 is 0. The van der Waals surface area contributed by atoms with Crippen LogP contribution in [0.2, 0.25) is 0 Å². The van der Waals surface area contributed by atoms with E-state index < -0.39 is 16.1 Å². The summed E-state index contributed by atoms with van der Waals surface area (Å²) in [6.07, 6.45) is 2.59. The number of nitrogens with one attached hydrogen (secondary N) is 2. The molecule has 11 heteroatoms. The molecule has 2 heterocycles. The van der Waals surface area contributed by atoms with E-state index in [-0.39, 0.29) is 22.8 Å². The lowest BCUT2D eigenvalue weighted by Gasteiger charge is -2.30. The van der Waals surface area contributed by atoms with Gasteiger partial charge >= 0.3 is 6.09 Å². The molecule has 0 spiro atoms. The Bertz CT molecular complexity index is 1550. The number of likely N-dealkylation sites (tertiary alicyclic amines) is 1. The first-order valence-electron chi connectivity index (χ1n) is 13.2. The zero-order valence-corrected chi connectivity index (χ0v) is 24.7. The molecule has 0 aliphatic carbocycles. The lowest BCUT2D eigenvalue weighted by molar-refractivity contribution is 0.101. The number of ether oxygens (including phenoxy) is 1. The van der Waals surface area contributed by atoms with Crippen LogP contribution in [-0.2, 0) is 28.9 Å². The number of fused-ring (bicyclic) bond motifs is 1.